The molecule has 1 saturated heterocycles. The molecule has 5 nitrogen and oxygen atoms in total. The highest BCUT2D eigenvalue weighted by Crippen LogP contribution is 2.33. The first kappa shape index (κ1) is 17.1. The smallest absolute Gasteiger partial charge is 0.317 e. The zero-order valence-electron chi connectivity index (χ0n) is 14.1. The summed E-state index contributed by atoms with van der Waals surface area (Å²) in [5, 5.41) is 12.1. The number of piperidine rings is 1. The van der Waals surface area contributed by atoms with E-state index in [4.69, 9.17) is 5.11 Å². The third-order valence-corrected chi connectivity index (χ3v) is 5.34. The van der Waals surface area contributed by atoms with Gasteiger partial charge in [0.15, 0.2) is 0 Å². The predicted octanol–water partition coefficient (Wildman–Crippen LogP) is 3.10. The summed E-state index contributed by atoms with van der Waals surface area (Å²) in [7, 11) is 0. The molecule has 1 saturated carbocycles. The van der Waals surface area contributed by atoms with Gasteiger partial charge < -0.3 is 15.3 Å². The number of likely N-dealkylation sites (tertiary alicyclic amines) is 1. The summed E-state index contributed by atoms with van der Waals surface area (Å²) in [6, 6.07) is 0.172. The van der Waals surface area contributed by atoms with E-state index >= 15 is 0 Å². The molecule has 0 aromatic heterocycles. The second kappa shape index (κ2) is 6.88. The Morgan fingerprint density at radius 1 is 1.09 bits per heavy atom. The van der Waals surface area contributed by atoms with Gasteiger partial charge in [-0.05, 0) is 49.9 Å². The van der Waals surface area contributed by atoms with Gasteiger partial charge in [0.1, 0.15) is 0 Å². The number of nitrogens with zero attached hydrogens (tertiary/aromatic N) is 1. The van der Waals surface area contributed by atoms with Crippen LogP contribution in [-0.4, -0.2) is 41.1 Å². The number of urea groups is 1. The summed E-state index contributed by atoms with van der Waals surface area (Å²) in [5.41, 5.74) is 0.235. The van der Waals surface area contributed by atoms with Crippen molar-refractivity contribution in [3.63, 3.8) is 0 Å². The van der Waals surface area contributed by atoms with Crippen molar-refractivity contribution in [3.8, 4) is 0 Å². The second-order valence-electron chi connectivity index (χ2n) is 7.99. The molecule has 2 aliphatic rings. The molecule has 1 aliphatic carbocycles. The quantitative estimate of drug-likeness (QED) is 0.823. The van der Waals surface area contributed by atoms with E-state index < -0.39 is 5.97 Å². The summed E-state index contributed by atoms with van der Waals surface area (Å²) in [4.78, 5) is 25.4. The first-order chi connectivity index (χ1) is 10.3. The molecule has 0 radical (unpaired) electrons. The number of carbonyl (C=O) groups excluding carboxylic acids is 1. The zero-order valence-corrected chi connectivity index (χ0v) is 14.1. The van der Waals surface area contributed by atoms with Gasteiger partial charge in [-0.25, -0.2) is 4.79 Å². The summed E-state index contributed by atoms with van der Waals surface area (Å²) >= 11 is 0. The third kappa shape index (κ3) is 4.37. The molecule has 126 valence electrons. The lowest BCUT2D eigenvalue weighted by Gasteiger charge is -2.40. The van der Waals surface area contributed by atoms with Crippen LogP contribution in [-0.2, 0) is 4.79 Å². The van der Waals surface area contributed by atoms with Crippen LogP contribution in [0.25, 0.3) is 0 Å². The van der Waals surface area contributed by atoms with Crippen molar-refractivity contribution >= 4 is 12.0 Å². The maximum atomic E-state index is 12.5. The van der Waals surface area contributed by atoms with Gasteiger partial charge in [-0.1, -0.05) is 20.8 Å². The maximum absolute atomic E-state index is 12.5. The van der Waals surface area contributed by atoms with Gasteiger partial charge in [-0.3, -0.25) is 4.79 Å². The molecule has 2 rings (SSSR count). The van der Waals surface area contributed by atoms with Crippen LogP contribution in [0.3, 0.4) is 0 Å². The molecule has 22 heavy (non-hydrogen) atoms. The fourth-order valence-electron chi connectivity index (χ4n) is 3.62. The molecule has 0 aromatic carbocycles. The van der Waals surface area contributed by atoms with Gasteiger partial charge in [-0.15, -0.1) is 0 Å². The van der Waals surface area contributed by atoms with Crippen LogP contribution in [0.15, 0.2) is 0 Å². The van der Waals surface area contributed by atoms with Crippen LogP contribution in [0.5, 0.6) is 0 Å². The molecular formula is C17H30N2O3. The SMILES string of the molecule is CC(C)(C)C1CCCN(C(=O)NC2CCC(C(=O)O)CC2)C1. The number of carboxylic acid groups (broad SMARTS) is 1. The molecule has 0 aromatic rings. The molecular weight excluding hydrogens is 280 g/mol. The van der Waals surface area contributed by atoms with Crippen LogP contribution in [0.4, 0.5) is 4.79 Å². The van der Waals surface area contributed by atoms with E-state index in [1.54, 1.807) is 0 Å². The Balaban J connectivity index is 1.81. The van der Waals surface area contributed by atoms with Gasteiger partial charge in [0.05, 0.1) is 5.92 Å². The van der Waals surface area contributed by atoms with Crippen LogP contribution in [0.2, 0.25) is 0 Å². The number of aliphatic carboxylic acids is 1. The second-order valence-corrected chi connectivity index (χ2v) is 7.99. The predicted molar refractivity (Wildman–Crippen MR) is 85.7 cm³/mol. The average Bonchev–Trinajstić information content (AvgIpc) is 2.47. The standard InChI is InChI=1S/C17H30N2O3/c1-17(2,3)13-5-4-10-19(11-13)16(22)18-14-8-6-12(7-9-14)15(20)21/h12-14H,4-11H2,1-3H3,(H,18,22)(H,20,21). The normalized spacial score (nSPS) is 30.0. The average molecular weight is 310 g/mol. The van der Waals surface area contributed by atoms with Crippen LogP contribution in [0, 0.1) is 17.3 Å². The Morgan fingerprint density at radius 3 is 2.27 bits per heavy atom. The Labute approximate surface area is 133 Å². The van der Waals surface area contributed by atoms with Crippen molar-refractivity contribution in [2.45, 2.75) is 65.3 Å². The molecule has 2 amide bonds. The highest BCUT2D eigenvalue weighted by Gasteiger charge is 2.33. The van der Waals surface area contributed by atoms with Gasteiger partial charge in [0.2, 0.25) is 0 Å². The highest BCUT2D eigenvalue weighted by atomic mass is 16.4. The number of rotatable bonds is 2. The van der Waals surface area contributed by atoms with Crippen molar-refractivity contribution in [2.24, 2.45) is 17.3 Å². The fourth-order valence-corrected chi connectivity index (χ4v) is 3.62. The van der Waals surface area contributed by atoms with Crippen LogP contribution >= 0.6 is 0 Å². The summed E-state index contributed by atoms with van der Waals surface area (Å²) in [6.07, 6.45) is 5.16. The molecule has 0 bridgehead atoms. The lowest BCUT2D eigenvalue weighted by Crippen LogP contribution is -2.51. The Morgan fingerprint density at radius 2 is 1.73 bits per heavy atom. The largest absolute Gasteiger partial charge is 0.481 e. The fraction of sp³-hybridized carbons (Fsp3) is 0.882. The van der Waals surface area contributed by atoms with Crippen molar-refractivity contribution in [2.75, 3.05) is 13.1 Å². The molecule has 2 fully saturated rings. The number of hydrogen-bond donors (Lipinski definition) is 2. The number of amides is 2. The third-order valence-electron chi connectivity index (χ3n) is 5.34. The minimum absolute atomic E-state index is 0.0349. The van der Waals surface area contributed by atoms with E-state index in [9.17, 15) is 9.59 Å². The minimum atomic E-state index is -0.700. The van der Waals surface area contributed by atoms with E-state index in [-0.39, 0.29) is 23.4 Å². The van der Waals surface area contributed by atoms with Crippen molar-refractivity contribution in [1.82, 2.24) is 10.2 Å². The number of carbonyl (C=O) groups is 2. The van der Waals surface area contributed by atoms with E-state index in [0.29, 0.717) is 18.8 Å². The lowest BCUT2D eigenvalue weighted by molar-refractivity contribution is -0.142. The number of carboxylic acids is 1. The molecule has 2 N–H and O–H groups in total. The first-order valence-electron chi connectivity index (χ1n) is 8.55. The van der Waals surface area contributed by atoms with Crippen molar-refractivity contribution in [1.29, 1.82) is 0 Å². The molecule has 1 unspecified atom stereocenters. The Kier molecular flexibility index (Phi) is 5.35. The molecule has 1 atom stereocenters. The van der Waals surface area contributed by atoms with E-state index in [1.807, 2.05) is 4.90 Å². The zero-order chi connectivity index (χ0) is 16.3. The summed E-state index contributed by atoms with van der Waals surface area (Å²) in [6.45, 7) is 8.40. The maximum Gasteiger partial charge on any atom is 0.317 e. The summed E-state index contributed by atoms with van der Waals surface area (Å²) < 4.78 is 0. The molecule has 5 heteroatoms. The lowest BCUT2D eigenvalue weighted by atomic mass is 9.76. The molecule has 1 heterocycles. The molecule has 1 aliphatic heterocycles. The number of hydrogen-bond acceptors (Lipinski definition) is 2. The highest BCUT2D eigenvalue weighted by molar-refractivity contribution is 5.75. The van der Waals surface area contributed by atoms with Gasteiger partial charge in [-0.2, -0.15) is 0 Å². The summed E-state index contributed by atoms with van der Waals surface area (Å²) in [5.74, 6) is -0.378. The van der Waals surface area contributed by atoms with Crippen LogP contribution < -0.4 is 5.32 Å². The topological polar surface area (TPSA) is 69.6 Å². The first-order valence-corrected chi connectivity index (χ1v) is 8.55. The van der Waals surface area contributed by atoms with Gasteiger partial charge in [0, 0.05) is 19.1 Å². The Bertz CT molecular complexity index is 409. The van der Waals surface area contributed by atoms with Gasteiger partial charge in [0.25, 0.3) is 0 Å². The Hall–Kier alpha value is -1.26. The van der Waals surface area contributed by atoms with E-state index in [0.717, 1.165) is 32.4 Å². The monoisotopic (exact) mass is 310 g/mol. The van der Waals surface area contributed by atoms with Crippen LogP contribution in [0.1, 0.15) is 59.3 Å². The van der Waals surface area contributed by atoms with E-state index in [2.05, 4.69) is 26.1 Å². The van der Waals surface area contributed by atoms with Crippen molar-refractivity contribution in [3.05, 3.63) is 0 Å². The van der Waals surface area contributed by atoms with Crippen molar-refractivity contribution < 1.29 is 14.7 Å². The van der Waals surface area contributed by atoms with Gasteiger partial charge >= 0.3 is 12.0 Å². The number of nitrogens with one attached hydrogen (secondary N) is 1. The molecule has 0 spiro atoms. The minimum Gasteiger partial charge on any atom is -0.481 e. The van der Waals surface area contributed by atoms with E-state index in [1.165, 1.54) is 6.42 Å².